The maximum Gasteiger partial charge on any atom is 0.409 e. The van der Waals surface area contributed by atoms with Gasteiger partial charge in [0.2, 0.25) is 63.7 Å². The van der Waals surface area contributed by atoms with Crippen LogP contribution in [-0.4, -0.2) is 263 Å². The molecule has 4 fully saturated rings. The van der Waals surface area contributed by atoms with Crippen molar-refractivity contribution in [1.82, 2.24) is 48.3 Å². The van der Waals surface area contributed by atoms with Gasteiger partial charge in [-0.05, 0) is 219 Å². The molecule has 0 aliphatic carbocycles. The van der Waals surface area contributed by atoms with Crippen LogP contribution >= 0.6 is 0 Å². The van der Waals surface area contributed by atoms with Crippen LogP contribution in [0.15, 0.2) is 129 Å². The Morgan fingerprint density at radius 1 is 0.307 bits per heavy atom. The van der Waals surface area contributed by atoms with E-state index in [1.807, 2.05) is 128 Å². The van der Waals surface area contributed by atoms with Gasteiger partial charge in [0.05, 0.1) is 81.2 Å². The van der Waals surface area contributed by atoms with Gasteiger partial charge in [-0.1, -0.05) is 194 Å². The third kappa shape index (κ3) is 38.2. The van der Waals surface area contributed by atoms with Gasteiger partial charge in [0.1, 0.15) is 24.2 Å². The van der Waals surface area contributed by atoms with Crippen molar-refractivity contribution < 1.29 is 91.0 Å². The van der Waals surface area contributed by atoms with E-state index in [-0.39, 0.29) is 158 Å². The Balaban J connectivity index is 0.000000271. The molecular weight excluding hydrogens is 2000 g/mol. The summed E-state index contributed by atoms with van der Waals surface area (Å²) < 4.78 is 140. The first-order valence-corrected chi connectivity index (χ1v) is 58.8. The van der Waals surface area contributed by atoms with Crippen LogP contribution in [0.1, 0.15) is 308 Å². The molecular formula is C108H166N18O20S4. The van der Waals surface area contributed by atoms with Gasteiger partial charge in [-0.15, -0.1) is 0 Å². The topological polar surface area (TPSA) is 577 Å². The van der Waals surface area contributed by atoms with Crippen molar-refractivity contribution in [3.05, 3.63) is 143 Å². The van der Waals surface area contributed by atoms with Crippen LogP contribution in [0.3, 0.4) is 0 Å². The van der Waals surface area contributed by atoms with Gasteiger partial charge in [0.25, 0.3) is 0 Å². The molecule has 10 rings (SSSR count). The average Bonchev–Trinajstić information content (AvgIpc) is 0.761. The second kappa shape index (κ2) is 60.2. The number of rotatable bonds is 48. The number of piperidine rings is 2. The number of piperazine rings is 2. The highest BCUT2D eigenvalue weighted by molar-refractivity contribution is 7.90. The van der Waals surface area contributed by atoms with Crippen molar-refractivity contribution in [2.24, 2.45) is 34.8 Å². The molecule has 6 amide bonds. The molecule has 0 aromatic heterocycles. The molecule has 4 aliphatic heterocycles. The summed E-state index contributed by atoms with van der Waals surface area (Å²) in [6.45, 7) is 36.3. The fourth-order valence-electron chi connectivity index (χ4n) is 18.4. The summed E-state index contributed by atoms with van der Waals surface area (Å²) in [6.07, 6.45) is 8.26. The highest BCUT2D eigenvalue weighted by atomic mass is 32.2. The van der Waals surface area contributed by atoms with Crippen LogP contribution in [0.2, 0.25) is 0 Å². The number of esters is 2. The monoisotopic (exact) mass is 2160 g/mol. The Morgan fingerprint density at radius 3 is 0.773 bits per heavy atom. The number of hydrogen-bond acceptors (Lipinski definition) is 24. The summed E-state index contributed by atoms with van der Waals surface area (Å²) in [4.78, 5) is 113. The lowest BCUT2D eigenvalue weighted by Crippen LogP contribution is -2.56. The van der Waals surface area contributed by atoms with E-state index in [0.29, 0.717) is 201 Å². The first-order chi connectivity index (χ1) is 70.8. The van der Waals surface area contributed by atoms with Gasteiger partial charge in [0, 0.05) is 104 Å². The lowest BCUT2D eigenvalue weighted by Gasteiger charge is -2.36. The average molecular weight is 2160 g/mol. The molecule has 6 aromatic carbocycles. The minimum atomic E-state index is -4.07. The highest BCUT2D eigenvalue weighted by Gasteiger charge is 2.41. The number of nitrogens with one attached hydrogen (secondary N) is 8. The molecule has 38 nitrogen and oxygen atoms in total. The standard InChI is InChI=1S/C30H50N4O5S.C29H49N5O5S.C25H34N4O5S.C24H33N5O5S/c1-8-39-30(36)22-13-15-34(16-14-22)29(35)26(11-9-10-12-27(31)32)33-40(37,38)28-24(20(4)5)17-23(19(2)3)18-25(28)21(6)7;1-8-39-29(36)34-15-13-33(14-16-34)28(35)25(11-9-10-12-26(30)31)32-40(37,38)27-23(20(4)5)17-22(19(2)3)18-24(27)21(6)7;1-2-34-25(31)19-13-15-29(16-14-19)24(30)22(9-5-6-10-23(26)27)28-35(32,33)21-12-11-18-7-3-4-8-20(18)17-21;1-2-34-24(31)29-15-13-28(14-16-29)23(30)21(9-5-6-10-22(25)26)27-35(32,33)20-12-11-18-7-3-4-8-19(18)17-20/h17-22,26,33H,8-16H2,1-7H3,(H3,31,32);17-21,25,32H,8-16H2,1-7H3,(H3,30,31);3-4,7-8,11-12,17,19,22,28H,2,5-6,9-10,13-16H2,1H3,(H3,26,27);3-4,7-8,11-12,17,21,27H,2,5-6,9-10,13-16H2,1H3,(H3,25,26)/t26-;25-;22-;21-/m0000/s1. The SMILES string of the molecule is CCOC(=O)C1CCN(C(=O)[C@H](CCCCC(=N)N)NS(=O)(=O)c2c(C(C)C)cc(C(C)C)cc2C(C)C)CC1.CCOC(=O)C1CCN(C(=O)[C@H](CCCCC(=N)N)NS(=O)(=O)c2ccc3ccccc3c2)CC1.CCOC(=O)N1CCN(C(=O)[C@H](CCCCC(=N)N)NS(=O)(=O)c2c(C(C)C)cc(C(C)C)cc2C(C)C)CC1.CCOC(=O)N1CCN(C(=O)[C@H](CCCCC(=N)N)NS(=O)(=O)c2ccc3ccccc3c2)CC1. The Morgan fingerprint density at radius 2 is 0.540 bits per heavy atom. The predicted molar refractivity (Wildman–Crippen MR) is 586 cm³/mol. The molecule has 16 N–H and O–H groups in total. The molecule has 42 heteroatoms. The lowest BCUT2D eigenvalue weighted by molar-refractivity contribution is -0.151. The number of benzene rings is 6. The maximum atomic E-state index is 14.1. The second-order valence-electron chi connectivity index (χ2n) is 40.5. The third-order valence-corrected chi connectivity index (χ3v) is 33.1. The number of amidine groups is 4. The summed E-state index contributed by atoms with van der Waals surface area (Å²) in [5.41, 5.74) is 27.0. The third-order valence-electron chi connectivity index (χ3n) is 27.0. The van der Waals surface area contributed by atoms with E-state index in [2.05, 4.69) is 46.6 Å². The number of amides is 6. The molecule has 0 unspecified atom stereocenters. The summed E-state index contributed by atoms with van der Waals surface area (Å²) in [7, 11) is -16.1. The van der Waals surface area contributed by atoms with Gasteiger partial charge in [0.15, 0.2) is 0 Å². The van der Waals surface area contributed by atoms with Crippen molar-refractivity contribution in [2.45, 2.75) is 318 Å². The lowest BCUT2D eigenvalue weighted by atomic mass is 9.89. The number of likely N-dealkylation sites (tertiary alicyclic amines) is 2. The van der Waals surface area contributed by atoms with Crippen LogP contribution in [-0.2, 0) is 87.8 Å². The van der Waals surface area contributed by atoms with E-state index in [1.54, 1.807) is 76.5 Å². The molecule has 4 heterocycles. The minimum absolute atomic E-state index is 0.0330. The van der Waals surface area contributed by atoms with Crippen LogP contribution in [0.4, 0.5) is 9.59 Å². The molecule has 832 valence electrons. The maximum absolute atomic E-state index is 14.1. The van der Waals surface area contributed by atoms with Crippen molar-refractivity contribution in [3.63, 3.8) is 0 Å². The van der Waals surface area contributed by atoms with E-state index in [4.69, 9.17) is 63.5 Å². The molecule has 4 atom stereocenters. The van der Waals surface area contributed by atoms with Gasteiger partial charge in [-0.2, -0.15) is 18.9 Å². The van der Waals surface area contributed by atoms with E-state index < -0.39 is 76.4 Å². The Hall–Kier alpha value is -11.3. The van der Waals surface area contributed by atoms with Gasteiger partial charge >= 0.3 is 24.1 Å². The summed E-state index contributed by atoms with van der Waals surface area (Å²) in [6, 6.07) is 28.7. The quantitative estimate of drug-likeness (QED) is 0.00555. The fraction of sp³-hybridized carbons (Fsp3) is 0.593. The Kier molecular flexibility index (Phi) is 50.5. The zero-order valence-corrected chi connectivity index (χ0v) is 93.8. The number of fused-ring (bicyclic) bond motifs is 2. The zero-order chi connectivity index (χ0) is 111. The first-order valence-electron chi connectivity index (χ1n) is 52.9. The Bertz CT molecular complexity index is 5630. The van der Waals surface area contributed by atoms with E-state index in [1.165, 1.54) is 17.0 Å². The summed E-state index contributed by atoms with van der Waals surface area (Å²) in [5.74, 6) is -1.66. The summed E-state index contributed by atoms with van der Waals surface area (Å²) >= 11 is 0. The molecule has 0 radical (unpaired) electrons. The number of sulfonamides is 4. The zero-order valence-electron chi connectivity index (χ0n) is 90.6. The molecule has 0 bridgehead atoms. The molecule has 150 heavy (non-hydrogen) atoms. The van der Waals surface area contributed by atoms with Gasteiger partial charge < -0.3 is 71.3 Å². The summed E-state index contributed by atoms with van der Waals surface area (Å²) in [5, 5.41) is 33.2. The van der Waals surface area contributed by atoms with Crippen LogP contribution in [0, 0.1) is 33.5 Å². The van der Waals surface area contributed by atoms with Crippen LogP contribution < -0.4 is 41.8 Å². The Labute approximate surface area is 888 Å². The second-order valence-corrected chi connectivity index (χ2v) is 47.2. The van der Waals surface area contributed by atoms with Crippen molar-refractivity contribution in [1.29, 1.82) is 21.6 Å². The van der Waals surface area contributed by atoms with E-state index in [9.17, 15) is 72.0 Å². The number of nitrogens with zero attached hydrogens (tertiary/aromatic N) is 6. The number of carbonyl (C=O) groups is 8. The number of carbonyl (C=O) groups excluding carboxylic acids is 8. The minimum Gasteiger partial charge on any atom is -0.466 e. The fourth-order valence-corrected chi connectivity index (χ4v) is 24.7. The number of hydrogen-bond donors (Lipinski definition) is 12. The van der Waals surface area contributed by atoms with Crippen molar-refractivity contribution >= 4 is 133 Å². The van der Waals surface area contributed by atoms with E-state index in [0.717, 1.165) is 54.9 Å². The molecule has 0 saturated carbocycles. The molecule has 6 aromatic rings. The normalized spacial score (nSPS) is 15.4. The number of unbranched alkanes of at least 4 members (excludes halogenated alkanes) is 4. The van der Waals surface area contributed by atoms with Gasteiger partial charge in [-0.3, -0.25) is 50.4 Å². The highest BCUT2D eigenvalue weighted by Crippen LogP contribution is 2.39. The van der Waals surface area contributed by atoms with Crippen LogP contribution in [0.25, 0.3) is 21.5 Å². The number of nitrogens with two attached hydrogens (primary N) is 4. The molecule has 4 saturated heterocycles. The smallest absolute Gasteiger partial charge is 0.409 e. The van der Waals surface area contributed by atoms with Gasteiger partial charge in [-0.25, -0.2) is 43.3 Å². The number of ether oxygens (including phenoxy) is 4. The van der Waals surface area contributed by atoms with E-state index >= 15 is 0 Å². The molecule has 4 aliphatic rings. The van der Waals surface area contributed by atoms with Crippen molar-refractivity contribution in [3.8, 4) is 0 Å². The molecule has 0 spiro atoms. The van der Waals surface area contributed by atoms with Crippen LogP contribution in [0.5, 0.6) is 0 Å². The first kappa shape index (κ1) is 126. The van der Waals surface area contributed by atoms with Crippen molar-refractivity contribution in [2.75, 3.05) is 105 Å². The largest absolute Gasteiger partial charge is 0.466 e. The predicted octanol–water partition coefficient (Wildman–Crippen LogP) is 14.6.